The summed E-state index contributed by atoms with van der Waals surface area (Å²) >= 11 is 0. The van der Waals surface area contributed by atoms with Gasteiger partial charge in [0.25, 0.3) is 0 Å². The van der Waals surface area contributed by atoms with Crippen molar-refractivity contribution >= 4 is 11.8 Å². The molecule has 5 heteroatoms. The molecule has 1 atom stereocenters. The summed E-state index contributed by atoms with van der Waals surface area (Å²) in [4.78, 5) is 12.2. The molecule has 2 aromatic carbocycles. The Kier molecular flexibility index (Phi) is 4.61. The molecule has 0 aliphatic carbocycles. The first-order valence-corrected chi connectivity index (χ1v) is 7.69. The highest BCUT2D eigenvalue weighted by molar-refractivity contribution is 5.90. The van der Waals surface area contributed by atoms with Crippen LogP contribution in [-0.2, 0) is 4.74 Å². The van der Waals surface area contributed by atoms with Gasteiger partial charge >= 0.3 is 6.09 Å². The van der Waals surface area contributed by atoms with E-state index in [1.165, 1.54) is 0 Å². The number of nitrogens with zero attached hydrogens (tertiary/aromatic N) is 1. The molecule has 1 amide bonds. The lowest BCUT2D eigenvalue weighted by molar-refractivity contribution is 0.121. The first kappa shape index (κ1) is 15.8. The van der Waals surface area contributed by atoms with Crippen molar-refractivity contribution < 1.29 is 14.1 Å². The van der Waals surface area contributed by atoms with Crippen LogP contribution in [0.15, 0.2) is 65.2 Å². The smallest absolute Gasteiger partial charge is 0.412 e. The lowest BCUT2D eigenvalue weighted by atomic mass is 10.1. The fourth-order valence-electron chi connectivity index (χ4n) is 2.39. The number of hydrogen-bond donors (Lipinski definition) is 1. The van der Waals surface area contributed by atoms with E-state index in [-0.39, 0.29) is 6.10 Å². The molecule has 0 aliphatic heterocycles. The number of rotatable bonds is 4. The van der Waals surface area contributed by atoms with Crippen LogP contribution in [-0.4, -0.2) is 11.2 Å². The van der Waals surface area contributed by atoms with Crippen molar-refractivity contribution in [2.24, 2.45) is 0 Å². The Labute approximate surface area is 140 Å². The zero-order valence-corrected chi connectivity index (χ0v) is 13.5. The van der Waals surface area contributed by atoms with Gasteiger partial charge in [0.05, 0.1) is 0 Å². The second-order valence-corrected chi connectivity index (χ2v) is 5.42. The molecule has 0 bridgehead atoms. The van der Waals surface area contributed by atoms with Crippen molar-refractivity contribution in [2.75, 3.05) is 5.32 Å². The van der Waals surface area contributed by atoms with Gasteiger partial charge in [-0.1, -0.05) is 65.8 Å². The zero-order chi connectivity index (χ0) is 16.9. The van der Waals surface area contributed by atoms with Gasteiger partial charge in [0, 0.05) is 5.56 Å². The number of hydrogen-bond acceptors (Lipinski definition) is 4. The summed E-state index contributed by atoms with van der Waals surface area (Å²) in [6.07, 6.45) is -0.902. The molecule has 1 aromatic heterocycles. The minimum absolute atomic E-state index is 0.355. The molecule has 0 saturated heterocycles. The predicted octanol–water partition coefficient (Wildman–Crippen LogP) is 4.96. The van der Waals surface area contributed by atoms with E-state index in [2.05, 4.69) is 10.5 Å². The number of ether oxygens (including phenoxy) is 1. The van der Waals surface area contributed by atoms with Crippen molar-refractivity contribution in [3.05, 3.63) is 71.9 Å². The number of carbonyl (C=O) groups is 1. The Morgan fingerprint density at radius 2 is 1.71 bits per heavy atom. The highest BCUT2D eigenvalue weighted by atomic mass is 16.6. The maximum Gasteiger partial charge on any atom is 0.412 e. The molecule has 1 heterocycles. The number of aryl methyl sites for hydroxylation is 1. The Bertz CT molecular complexity index is 813. The van der Waals surface area contributed by atoms with Gasteiger partial charge in [0.1, 0.15) is 17.5 Å². The van der Waals surface area contributed by atoms with Crippen LogP contribution in [0.1, 0.15) is 24.3 Å². The molecule has 1 N–H and O–H groups in total. The van der Waals surface area contributed by atoms with Crippen LogP contribution in [0.5, 0.6) is 0 Å². The molecule has 24 heavy (non-hydrogen) atoms. The maximum atomic E-state index is 12.2. The number of amides is 1. The van der Waals surface area contributed by atoms with E-state index in [1.807, 2.05) is 67.6 Å². The minimum atomic E-state index is -0.546. The summed E-state index contributed by atoms with van der Waals surface area (Å²) in [5, 5.41) is 6.68. The highest BCUT2D eigenvalue weighted by Crippen LogP contribution is 2.31. The fraction of sp³-hybridized carbons (Fsp3) is 0.158. The Morgan fingerprint density at radius 1 is 1.08 bits per heavy atom. The van der Waals surface area contributed by atoms with E-state index in [0.717, 1.165) is 11.1 Å². The lowest BCUT2D eigenvalue weighted by Gasteiger charge is -2.14. The van der Waals surface area contributed by atoms with Gasteiger partial charge in [-0.3, -0.25) is 5.32 Å². The Balaban J connectivity index is 1.74. The average molecular weight is 322 g/mol. The second kappa shape index (κ2) is 7.00. The molecule has 0 fully saturated rings. The van der Waals surface area contributed by atoms with Gasteiger partial charge in [-0.15, -0.1) is 0 Å². The van der Waals surface area contributed by atoms with E-state index in [0.29, 0.717) is 17.1 Å². The summed E-state index contributed by atoms with van der Waals surface area (Å²) in [5.74, 6) is 0.511. The summed E-state index contributed by atoms with van der Waals surface area (Å²) in [6, 6.07) is 19.1. The van der Waals surface area contributed by atoms with Gasteiger partial charge in [-0.05, 0) is 19.4 Å². The van der Waals surface area contributed by atoms with E-state index in [9.17, 15) is 4.79 Å². The van der Waals surface area contributed by atoms with Crippen LogP contribution in [0, 0.1) is 6.92 Å². The zero-order valence-electron chi connectivity index (χ0n) is 13.5. The molecule has 0 saturated carbocycles. The van der Waals surface area contributed by atoms with E-state index >= 15 is 0 Å². The number of nitrogens with one attached hydrogen (secondary N) is 1. The van der Waals surface area contributed by atoms with Gasteiger partial charge in [-0.2, -0.15) is 0 Å². The molecule has 0 aliphatic rings. The molecular formula is C19H18N2O3. The first-order valence-electron chi connectivity index (χ1n) is 7.69. The average Bonchev–Trinajstić information content (AvgIpc) is 2.97. The number of carbonyl (C=O) groups excluding carboxylic acids is 1. The molecule has 3 rings (SSSR count). The van der Waals surface area contributed by atoms with Crippen LogP contribution < -0.4 is 5.32 Å². The van der Waals surface area contributed by atoms with Crippen LogP contribution in [0.25, 0.3) is 11.3 Å². The Hall–Kier alpha value is -3.08. The third kappa shape index (κ3) is 3.46. The lowest BCUT2D eigenvalue weighted by Crippen LogP contribution is -2.16. The molecule has 3 aromatic rings. The summed E-state index contributed by atoms with van der Waals surface area (Å²) in [6.45, 7) is 3.60. The molecule has 0 radical (unpaired) electrons. The van der Waals surface area contributed by atoms with Crippen molar-refractivity contribution in [1.29, 1.82) is 0 Å². The van der Waals surface area contributed by atoms with Gasteiger partial charge < -0.3 is 9.26 Å². The second-order valence-electron chi connectivity index (χ2n) is 5.42. The monoisotopic (exact) mass is 322 g/mol. The van der Waals surface area contributed by atoms with Crippen molar-refractivity contribution in [2.45, 2.75) is 20.0 Å². The third-order valence-corrected chi connectivity index (χ3v) is 3.68. The normalized spacial score (nSPS) is 11.8. The van der Waals surface area contributed by atoms with Gasteiger partial charge in [0.2, 0.25) is 0 Å². The largest absolute Gasteiger partial charge is 0.441 e. The number of aromatic nitrogens is 1. The van der Waals surface area contributed by atoms with Crippen LogP contribution >= 0.6 is 0 Å². The predicted molar refractivity (Wildman–Crippen MR) is 91.6 cm³/mol. The van der Waals surface area contributed by atoms with Crippen molar-refractivity contribution in [1.82, 2.24) is 5.16 Å². The van der Waals surface area contributed by atoms with Crippen LogP contribution in [0.3, 0.4) is 0 Å². The molecule has 0 spiro atoms. The number of benzene rings is 2. The van der Waals surface area contributed by atoms with E-state index in [4.69, 9.17) is 9.26 Å². The van der Waals surface area contributed by atoms with Gasteiger partial charge in [0.15, 0.2) is 5.76 Å². The van der Waals surface area contributed by atoms with Gasteiger partial charge in [-0.25, -0.2) is 4.79 Å². The summed E-state index contributed by atoms with van der Waals surface area (Å²) in [5.41, 5.74) is 2.88. The molecule has 1 unspecified atom stereocenters. The third-order valence-electron chi connectivity index (χ3n) is 3.68. The minimum Gasteiger partial charge on any atom is -0.441 e. The van der Waals surface area contributed by atoms with Crippen LogP contribution in [0.2, 0.25) is 0 Å². The van der Waals surface area contributed by atoms with Crippen molar-refractivity contribution in [3.8, 4) is 11.3 Å². The van der Waals surface area contributed by atoms with Crippen molar-refractivity contribution in [3.63, 3.8) is 0 Å². The Morgan fingerprint density at radius 3 is 2.38 bits per heavy atom. The summed E-state index contributed by atoms with van der Waals surface area (Å²) in [7, 11) is 0. The fourth-order valence-corrected chi connectivity index (χ4v) is 2.39. The van der Waals surface area contributed by atoms with Crippen LogP contribution in [0.4, 0.5) is 10.5 Å². The standard InChI is InChI=1S/C19H18N2O3/c1-13-17(18(24-21-13)16-11-7-4-8-12-16)20-19(22)23-14(2)15-9-5-3-6-10-15/h3-12,14H,1-2H3,(H,20,22). The molecule has 122 valence electrons. The quantitative estimate of drug-likeness (QED) is 0.737. The van der Waals surface area contributed by atoms with E-state index in [1.54, 1.807) is 6.92 Å². The highest BCUT2D eigenvalue weighted by Gasteiger charge is 2.19. The maximum absolute atomic E-state index is 12.2. The molecule has 5 nitrogen and oxygen atoms in total. The topological polar surface area (TPSA) is 64.4 Å². The first-order chi connectivity index (χ1) is 11.6. The van der Waals surface area contributed by atoms with E-state index < -0.39 is 6.09 Å². The summed E-state index contributed by atoms with van der Waals surface area (Å²) < 4.78 is 10.8. The number of anilines is 1. The SMILES string of the molecule is Cc1noc(-c2ccccc2)c1NC(=O)OC(C)c1ccccc1. The molecular weight excluding hydrogens is 304 g/mol.